The number of likely N-dealkylation sites (tertiary alicyclic amines) is 1. The summed E-state index contributed by atoms with van der Waals surface area (Å²) in [7, 11) is -0.280. The number of likely N-dealkylation sites (N-methyl/N-ethyl adjacent to an activating group) is 1. The molecular formula is C15H23N3O4S. The third-order valence-electron chi connectivity index (χ3n) is 3.90. The zero-order valence-electron chi connectivity index (χ0n) is 13.6. The van der Waals surface area contributed by atoms with E-state index in [-0.39, 0.29) is 30.0 Å². The van der Waals surface area contributed by atoms with E-state index < -0.39 is 16.1 Å². The van der Waals surface area contributed by atoms with Crippen LogP contribution in [-0.2, 0) is 19.6 Å². The molecule has 1 unspecified atom stereocenters. The van der Waals surface area contributed by atoms with Gasteiger partial charge in [0, 0.05) is 39.6 Å². The highest BCUT2D eigenvalue weighted by molar-refractivity contribution is 7.89. The Bertz CT molecular complexity index is 635. The molecule has 2 rings (SSSR count). The van der Waals surface area contributed by atoms with Crippen LogP contribution in [0.2, 0.25) is 0 Å². The molecular weight excluding hydrogens is 318 g/mol. The van der Waals surface area contributed by atoms with Crippen LogP contribution in [0.4, 0.5) is 0 Å². The van der Waals surface area contributed by atoms with E-state index in [1.807, 2.05) is 13.0 Å². The number of carbonyl (C=O) groups excluding carboxylic acids is 1. The molecule has 1 fully saturated rings. The zero-order valence-corrected chi connectivity index (χ0v) is 14.4. The molecule has 3 atom stereocenters. The van der Waals surface area contributed by atoms with Crippen LogP contribution in [0.5, 0.6) is 0 Å². The van der Waals surface area contributed by atoms with Crippen molar-refractivity contribution in [2.45, 2.75) is 25.4 Å². The van der Waals surface area contributed by atoms with Crippen molar-refractivity contribution in [1.29, 1.82) is 0 Å². The lowest BCUT2D eigenvalue weighted by molar-refractivity contribution is -0.127. The predicted molar refractivity (Wildman–Crippen MR) is 86.1 cm³/mol. The number of methoxy groups -OCH3 is 1. The summed E-state index contributed by atoms with van der Waals surface area (Å²) in [4.78, 5) is 17.7. The van der Waals surface area contributed by atoms with Crippen molar-refractivity contribution in [3.8, 4) is 0 Å². The number of pyridine rings is 1. The van der Waals surface area contributed by atoms with E-state index in [1.54, 1.807) is 37.5 Å². The number of sulfonamides is 1. The number of hydrogen-bond acceptors (Lipinski definition) is 5. The van der Waals surface area contributed by atoms with Crippen LogP contribution in [-0.4, -0.2) is 56.8 Å². The van der Waals surface area contributed by atoms with Crippen molar-refractivity contribution < 1.29 is 17.9 Å². The second-order valence-electron chi connectivity index (χ2n) is 6.01. The molecule has 0 aromatic carbocycles. The van der Waals surface area contributed by atoms with E-state index in [0.29, 0.717) is 6.61 Å². The molecule has 128 valence electrons. The van der Waals surface area contributed by atoms with Crippen molar-refractivity contribution in [3.63, 3.8) is 0 Å². The molecule has 0 spiro atoms. The average Bonchev–Trinajstić information content (AvgIpc) is 2.73. The molecule has 1 amide bonds. The molecule has 7 nitrogen and oxygen atoms in total. The number of carbonyl (C=O) groups is 1. The summed E-state index contributed by atoms with van der Waals surface area (Å²) in [6.45, 7) is 2.18. The Morgan fingerprint density at radius 2 is 2.26 bits per heavy atom. The zero-order chi connectivity index (χ0) is 17.0. The number of hydrogen-bond donors (Lipinski definition) is 1. The number of aromatic nitrogens is 1. The van der Waals surface area contributed by atoms with Crippen molar-refractivity contribution in [2.24, 2.45) is 5.92 Å². The third-order valence-corrected chi connectivity index (χ3v) is 5.57. The second kappa shape index (κ2) is 7.37. The lowest BCUT2D eigenvalue weighted by Crippen LogP contribution is -2.41. The van der Waals surface area contributed by atoms with Crippen LogP contribution >= 0.6 is 0 Å². The fourth-order valence-electron chi connectivity index (χ4n) is 2.97. The smallest absolute Gasteiger partial charge is 0.224 e. The highest BCUT2D eigenvalue weighted by atomic mass is 32.2. The van der Waals surface area contributed by atoms with Gasteiger partial charge in [-0.1, -0.05) is 13.0 Å². The molecule has 8 heteroatoms. The molecule has 1 saturated heterocycles. The Labute approximate surface area is 137 Å². The maximum Gasteiger partial charge on any atom is 0.224 e. The van der Waals surface area contributed by atoms with Crippen LogP contribution in [0.3, 0.4) is 0 Å². The SMILES string of the molecule is COCC(C)CS(=O)(=O)N[C@@H]1CC(=O)N(C)[C@H]1c1cccnc1. The van der Waals surface area contributed by atoms with Gasteiger partial charge < -0.3 is 9.64 Å². The van der Waals surface area contributed by atoms with Gasteiger partial charge in [-0.15, -0.1) is 0 Å². The van der Waals surface area contributed by atoms with Gasteiger partial charge >= 0.3 is 0 Å². The fourth-order valence-corrected chi connectivity index (χ4v) is 4.58. The van der Waals surface area contributed by atoms with Crippen molar-refractivity contribution in [2.75, 3.05) is 26.5 Å². The standard InChI is InChI=1S/C15H23N3O4S/c1-11(9-22-3)10-23(20,21)17-13-7-14(19)18(2)15(13)12-5-4-6-16-8-12/h4-6,8,11,13,15,17H,7,9-10H2,1-3H3/t11?,13-,15+/m1/s1. The van der Waals surface area contributed by atoms with Crippen LogP contribution in [0, 0.1) is 5.92 Å². The van der Waals surface area contributed by atoms with Gasteiger partial charge in [0.2, 0.25) is 15.9 Å². The van der Waals surface area contributed by atoms with Gasteiger partial charge in [0.15, 0.2) is 0 Å². The Balaban J connectivity index is 2.15. The van der Waals surface area contributed by atoms with E-state index in [2.05, 4.69) is 9.71 Å². The summed E-state index contributed by atoms with van der Waals surface area (Å²) >= 11 is 0. The summed E-state index contributed by atoms with van der Waals surface area (Å²) in [6.07, 6.45) is 3.45. The molecule has 0 saturated carbocycles. The molecule has 1 N–H and O–H groups in total. The summed E-state index contributed by atoms with van der Waals surface area (Å²) in [5.74, 6) is -0.240. The topological polar surface area (TPSA) is 88.6 Å². The monoisotopic (exact) mass is 341 g/mol. The van der Waals surface area contributed by atoms with Crippen molar-refractivity contribution in [3.05, 3.63) is 30.1 Å². The first kappa shape index (κ1) is 17.8. The Kier molecular flexibility index (Phi) is 5.72. The highest BCUT2D eigenvalue weighted by Crippen LogP contribution is 2.31. The first-order valence-corrected chi connectivity index (χ1v) is 9.14. The fraction of sp³-hybridized carbons (Fsp3) is 0.600. The van der Waals surface area contributed by atoms with Crippen LogP contribution in [0.15, 0.2) is 24.5 Å². The van der Waals surface area contributed by atoms with Gasteiger partial charge in [-0.2, -0.15) is 0 Å². The van der Waals surface area contributed by atoms with E-state index in [0.717, 1.165) is 5.56 Å². The Morgan fingerprint density at radius 3 is 2.87 bits per heavy atom. The summed E-state index contributed by atoms with van der Waals surface area (Å²) in [5.41, 5.74) is 0.818. The predicted octanol–water partition coefficient (Wildman–Crippen LogP) is 0.555. The Morgan fingerprint density at radius 1 is 1.52 bits per heavy atom. The minimum atomic E-state index is -3.50. The van der Waals surface area contributed by atoms with Crippen molar-refractivity contribution >= 4 is 15.9 Å². The lowest BCUT2D eigenvalue weighted by Gasteiger charge is -2.26. The minimum Gasteiger partial charge on any atom is -0.384 e. The molecule has 2 heterocycles. The molecule has 1 aromatic rings. The molecule has 0 radical (unpaired) electrons. The van der Waals surface area contributed by atoms with Gasteiger partial charge in [-0.25, -0.2) is 13.1 Å². The van der Waals surface area contributed by atoms with Crippen LogP contribution in [0.25, 0.3) is 0 Å². The summed E-state index contributed by atoms with van der Waals surface area (Å²) in [6, 6.07) is 2.79. The maximum absolute atomic E-state index is 12.3. The average molecular weight is 341 g/mol. The van der Waals surface area contributed by atoms with E-state index in [9.17, 15) is 13.2 Å². The normalized spacial score (nSPS) is 23.3. The van der Waals surface area contributed by atoms with Crippen molar-refractivity contribution in [1.82, 2.24) is 14.6 Å². The first-order valence-electron chi connectivity index (χ1n) is 7.48. The lowest BCUT2D eigenvalue weighted by atomic mass is 10.0. The Hall–Kier alpha value is -1.51. The number of rotatable bonds is 7. The second-order valence-corrected chi connectivity index (χ2v) is 7.80. The molecule has 1 aliphatic rings. The van der Waals surface area contributed by atoms with E-state index in [4.69, 9.17) is 4.74 Å². The summed E-state index contributed by atoms with van der Waals surface area (Å²) in [5, 5.41) is 0. The largest absolute Gasteiger partial charge is 0.384 e. The molecule has 1 aromatic heterocycles. The van der Waals surface area contributed by atoms with Crippen LogP contribution < -0.4 is 4.72 Å². The van der Waals surface area contributed by atoms with E-state index in [1.165, 1.54) is 0 Å². The van der Waals surface area contributed by atoms with Gasteiger partial charge in [0.25, 0.3) is 0 Å². The molecule has 0 aliphatic carbocycles. The van der Waals surface area contributed by atoms with Gasteiger partial charge in [-0.05, 0) is 17.5 Å². The highest BCUT2D eigenvalue weighted by Gasteiger charge is 2.40. The van der Waals surface area contributed by atoms with E-state index >= 15 is 0 Å². The number of nitrogens with zero attached hydrogens (tertiary/aromatic N) is 2. The number of ether oxygens (including phenoxy) is 1. The molecule has 1 aliphatic heterocycles. The number of amides is 1. The maximum atomic E-state index is 12.3. The minimum absolute atomic E-state index is 0.0327. The third kappa shape index (κ3) is 4.49. The van der Waals surface area contributed by atoms with Gasteiger partial charge in [0.05, 0.1) is 17.8 Å². The quantitative estimate of drug-likeness (QED) is 0.783. The first-order chi connectivity index (χ1) is 10.8. The molecule has 0 bridgehead atoms. The van der Waals surface area contributed by atoms with Gasteiger partial charge in [0.1, 0.15) is 0 Å². The van der Waals surface area contributed by atoms with Crippen LogP contribution in [0.1, 0.15) is 24.9 Å². The summed E-state index contributed by atoms with van der Waals surface area (Å²) < 4.78 is 32.4. The molecule has 23 heavy (non-hydrogen) atoms. The van der Waals surface area contributed by atoms with Gasteiger partial charge in [-0.3, -0.25) is 9.78 Å². The number of nitrogens with one attached hydrogen (secondary N) is 1.